The summed E-state index contributed by atoms with van der Waals surface area (Å²) in [5, 5.41) is 6.85. The Hall–Kier alpha value is -2.90. The third-order valence-electron chi connectivity index (χ3n) is 5.76. The van der Waals surface area contributed by atoms with Gasteiger partial charge < -0.3 is 19.9 Å². The van der Waals surface area contributed by atoms with E-state index in [1.807, 2.05) is 12.4 Å². The fourth-order valence-corrected chi connectivity index (χ4v) is 4.02. The van der Waals surface area contributed by atoms with Gasteiger partial charge in [0, 0.05) is 39.3 Å². The molecule has 1 aliphatic heterocycles. The lowest BCUT2D eigenvalue weighted by molar-refractivity contribution is 0.0341. The number of nitrogens with one attached hydrogen (secondary N) is 2. The van der Waals surface area contributed by atoms with Crippen molar-refractivity contribution < 1.29 is 4.74 Å². The molecular weight excluding hydrogens is 400 g/mol. The van der Waals surface area contributed by atoms with Gasteiger partial charge in [0.25, 0.3) is 0 Å². The lowest BCUT2D eigenvalue weighted by Gasteiger charge is -2.27. The number of hydrogen-bond donors (Lipinski definition) is 2. The van der Waals surface area contributed by atoms with E-state index in [9.17, 15) is 0 Å². The molecule has 170 valence electrons. The van der Waals surface area contributed by atoms with Crippen LogP contribution in [0.5, 0.6) is 0 Å². The Morgan fingerprint density at radius 1 is 1.03 bits per heavy atom. The molecule has 7 nitrogen and oxygen atoms in total. The van der Waals surface area contributed by atoms with Crippen LogP contribution in [0.2, 0.25) is 0 Å². The van der Waals surface area contributed by atoms with E-state index in [1.54, 1.807) is 0 Å². The Kier molecular flexibility index (Phi) is 8.11. The monoisotopic (exact) mass is 434 g/mol. The summed E-state index contributed by atoms with van der Waals surface area (Å²) in [5.74, 6) is 0.865. The standard InChI is InChI=1S/C25H34N6O/c1-2-26-25(27-12-7-13-31-20-29-23-10-5-6-11-24(23)31)28-18-21-8-3-4-9-22(21)19-30-14-16-32-17-15-30/h3-6,8-11,20H,2,7,12-19H2,1H3,(H2,26,27,28). The number of imidazole rings is 1. The molecule has 1 saturated heterocycles. The first-order valence-corrected chi connectivity index (χ1v) is 11.6. The Labute approximate surface area is 190 Å². The highest BCUT2D eigenvalue weighted by Gasteiger charge is 2.12. The van der Waals surface area contributed by atoms with Crippen LogP contribution >= 0.6 is 0 Å². The van der Waals surface area contributed by atoms with E-state index in [2.05, 4.69) is 74.5 Å². The maximum Gasteiger partial charge on any atom is 0.191 e. The van der Waals surface area contributed by atoms with Crippen molar-refractivity contribution in [1.29, 1.82) is 0 Å². The fourth-order valence-electron chi connectivity index (χ4n) is 4.02. The van der Waals surface area contributed by atoms with E-state index in [0.29, 0.717) is 6.54 Å². The molecule has 2 N–H and O–H groups in total. The second-order valence-electron chi connectivity index (χ2n) is 8.06. The van der Waals surface area contributed by atoms with Crippen LogP contribution in [0, 0.1) is 0 Å². The first-order chi connectivity index (χ1) is 15.8. The lowest BCUT2D eigenvalue weighted by Crippen LogP contribution is -2.38. The van der Waals surface area contributed by atoms with Crippen molar-refractivity contribution in [2.45, 2.75) is 33.0 Å². The molecule has 1 fully saturated rings. The smallest absolute Gasteiger partial charge is 0.191 e. The quantitative estimate of drug-likeness (QED) is 0.308. The van der Waals surface area contributed by atoms with E-state index in [4.69, 9.17) is 9.73 Å². The molecular formula is C25H34N6O. The van der Waals surface area contributed by atoms with Crippen LogP contribution in [0.1, 0.15) is 24.5 Å². The molecule has 0 radical (unpaired) electrons. The minimum Gasteiger partial charge on any atom is -0.379 e. The maximum absolute atomic E-state index is 5.48. The molecule has 32 heavy (non-hydrogen) atoms. The molecule has 2 heterocycles. The van der Waals surface area contributed by atoms with Crippen molar-refractivity contribution >= 4 is 17.0 Å². The molecule has 0 aliphatic carbocycles. The van der Waals surface area contributed by atoms with E-state index < -0.39 is 0 Å². The molecule has 0 amide bonds. The minimum atomic E-state index is 0.669. The van der Waals surface area contributed by atoms with Crippen LogP contribution < -0.4 is 10.6 Å². The topological polar surface area (TPSA) is 66.7 Å². The Morgan fingerprint density at radius 3 is 2.66 bits per heavy atom. The summed E-state index contributed by atoms with van der Waals surface area (Å²) < 4.78 is 7.69. The number of benzene rings is 2. The highest BCUT2D eigenvalue weighted by Crippen LogP contribution is 2.14. The van der Waals surface area contributed by atoms with Crippen molar-refractivity contribution in [3.05, 3.63) is 66.0 Å². The molecule has 2 aromatic carbocycles. The number of rotatable bonds is 9. The molecule has 0 unspecified atom stereocenters. The molecule has 7 heteroatoms. The number of fused-ring (bicyclic) bond motifs is 1. The van der Waals surface area contributed by atoms with Crippen LogP contribution in [-0.4, -0.2) is 59.8 Å². The highest BCUT2D eigenvalue weighted by atomic mass is 16.5. The number of aliphatic imine (C=N–C) groups is 1. The lowest BCUT2D eigenvalue weighted by atomic mass is 10.1. The first-order valence-electron chi connectivity index (χ1n) is 11.6. The summed E-state index contributed by atoms with van der Waals surface area (Å²) in [7, 11) is 0. The van der Waals surface area contributed by atoms with Crippen LogP contribution in [0.25, 0.3) is 11.0 Å². The average molecular weight is 435 g/mol. The number of aryl methyl sites for hydroxylation is 1. The van der Waals surface area contributed by atoms with Crippen molar-refractivity contribution in [3.63, 3.8) is 0 Å². The van der Waals surface area contributed by atoms with Gasteiger partial charge in [0.05, 0.1) is 37.1 Å². The summed E-state index contributed by atoms with van der Waals surface area (Å²) in [4.78, 5) is 11.8. The van der Waals surface area contributed by atoms with Gasteiger partial charge in [-0.05, 0) is 36.6 Å². The molecule has 3 aromatic rings. The van der Waals surface area contributed by atoms with Gasteiger partial charge in [0.15, 0.2) is 5.96 Å². The van der Waals surface area contributed by atoms with Gasteiger partial charge in [0.1, 0.15) is 0 Å². The second kappa shape index (κ2) is 11.6. The van der Waals surface area contributed by atoms with Crippen LogP contribution in [-0.2, 0) is 24.4 Å². The molecule has 1 aliphatic rings. The average Bonchev–Trinajstić information content (AvgIpc) is 3.25. The zero-order valence-corrected chi connectivity index (χ0v) is 19.0. The van der Waals surface area contributed by atoms with E-state index in [-0.39, 0.29) is 0 Å². The number of ether oxygens (including phenoxy) is 1. The van der Waals surface area contributed by atoms with Gasteiger partial charge in [-0.25, -0.2) is 9.98 Å². The largest absolute Gasteiger partial charge is 0.379 e. The molecule has 0 bridgehead atoms. The summed E-state index contributed by atoms with van der Waals surface area (Å²) in [6.07, 6.45) is 2.92. The number of morpholine rings is 1. The third-order valence-corrected chi connectivity index (χ3v) is 5.76. The number of aromatic nitrogens is 2. The van der Waals surface area contributed by atoms with Gasteiger partial charge in [-0.1, -0.05) is 36.4 Å². The van der Waals surface area contributed by atoms with E-state index >= 15 is 0 Å². The van der Waals surface area contributed by atoms with Gasteiger partial charge in [0.2, 0.25) is 0 Å². The van der Waals surface area contributed by atoms with Crippen molar-refractivity contribution in [3.8, 4) is 0 Å². The number of guanidine groups is 1. The minimum absolute atomic E-state index is 0.669. The highest BCUT2D eigenvalue weighted by molar-refractivity contribution is 5.79. The molecule has 1 aromatic heterocycles. The Morgan fingerprint density at radius 2 is 1.81 bits per heavy atom. The summed E-state index contributed by atoms with van der Waals surface area (Å²) in [6.45, 7) is 9.98. The van der Waals surface area contributed by atoms with Gasteiger partial charge in [-0.3, -0.25) is 4.90 Å². The first kappa shape index (κ1) is 22.3. The van der Waals surface area contributed by atoms with Crippen LogP contribution in [0.3, 0.4) is 0 Å². The third kappa shape index (κ3) is 6.08. The van der Waals surface area contributed by atoms with Crippen molar-refractivity contribution in [1.82, 2.24) is 25.1 Å². The fraction of sp³-hybridized carbons (Fsp3) is 0.440. The summed E-state index contributed by atoms with van der Waals surface area (Å²) in [6, 6.07) is 16.9. The SMILES string of the molecule is CCNC(=NCc1ccccc1CN1CCOCC1)NCCCn1cnc2ccccc21. The van der Waals surface area contributed by atoms with Crippen molar-refractivity contribution in [2.75, 3.05) is 39.4 Å². The molecule has 0 atom stereocenters. The molecule has 0 spiro atoms. The number of nitrogens with zero attached hydrogens (tertiary/aromatic N) is 4. The van der Waals surface area contributed by atoms with Gasteiger partial charge >= 0.3 is 0 Å². The molecule has 0 saturated carbocycles. The van der Waals surface area contributed by atoms with Crippen LogP contribution in [0.4, 0.5) is 0 Å². The second-order valence-corrected chi connectivity index (χ2v) is 8.06. The molecule has 4 rings (SSSR count). The zero-order chi connectivity index (χ0) is 22.0. The van der Waals surface area contributed by atoms with Crippen molar-refractivity contribution in [2.24, 2.45) is 4.99 Å². The number of para-hydroxylation sites is 2. The zero-order valence-electron chi connectivity index (χ0n) is 19.0. The van der Waals surface area contributed by atoms with Crippen LogP contribution in [0.15, 0.2) is 59.9 Å². The van der Waals surface area contributed by atoms with E-state index in [0.717, 1.165) is 70.4 Å². The Balaban J connectivity index is 1.31. The van der Waals surface area contributed by atoms with Gasteiger partial charge in [-0.15, -0.1) is 0 Å². The Bertz CT molecular complexity index is 1010. The normalized spacial score (nSPS) is 15.2. The predicted octanol–water partition coefficient (Wildman–Crippen LogP) is 3.01. The van der Waals surface area contributed by atoms with Gasteiger partial charge in [-0.2, -0.15) is 0 Å². The predicted molar refractivity (Wildman–Crippen MR) is 130 cm³/mol. The van der Waals surface area contributed by atoms with E-state index in [1.165, 1.54) is 16.6 Å². The summed E-state index contributed by atoms with van der Waals surface area (Å²) in [5.41, 5.74) is 4.86. The summed E-state index contributed by atoms with van der Waals surface area (Å²) >= 11 is 0. The maximum atomic E-state index is 5.48. The number of hydrogen-bond acceptors (Lipinski definition) is 4.